The molecule has 0 aliphatic carbocycles. The van der Waals surface area contributed by atoms with Gasteiger partial charge in [0, 0.05) is 5.54 Å². The van der Waals surface area contributed by atoms with E-state index >= 15 is 0 Å². The molecular formula is C12H26N2. The fraction of sp³-hybridized carbons (Fsp3) is 1.00. The van der Waals surface area contributed by atoms with Crippen molar-refractivity contribution in [2.24, 2.45) is 11.7 Å². The molecule has 1 heterocycles. The lowest BCUT2D eigenvalue weighted by atomic mass is 9.81. The lowest BCUT2D eigenvalue weighted by Crippen LogP contribution is -2.50. The first kappa shape index (κ1) is 12.0. The molecule has 1 rings (SSSR count). The van der Waals surface area contributed by atoms with Crippen molar-refractivity contribution in [1.29, 1.82) is 0 Å². The molecule has 2 nitrogen and oxygen atoms in total. The first-order chi connectivity index (χ1) is 6.60. The molecule has 2 N–H and O–H groups in total. The van der Waals surface area contributed by atoms with Gasteiger partial charge in [-0.25, -0.2) is 0 Å². The molecule has 0 aromatic heterocycles. The van der Waals surface area contributed by atoms with E-state index in [0.29, 0.717) is 5.54 Å². The van der Waals surface area contributed by atoms with E-state index in [4.69, 9.17) is 5.73 Å². The quantitative estimate of drug-likeness (QED) is 0.750. The number of nitrogens with two attached hydrogens (primary N) is 1. The second-order valence-corrected chi connectivity index (χ2v) is 5.24. The van der Waals surface area contributed by atoms with Crippen molar-refractivity contribution in [1.82, 2.24) is 4.90 Å². The zero-order chi connectivity index (χ0) is 10.6. The highest BCUT2D eigenvalue weighted by molar-refractivity contribution is 4.89. The zero-order valence-electron chi connectivity index (χ0n) is 10.1. The second-order valence-electron chi connectivity index (χ2n) is 5.24. The van der Waals surface area contributed by atoms with Crippen LogP contribution in [0.25, 0.3) is 0 Å². The van der Waals surface area contributed by atoms with Crippen molar-refractivity contribution in [3.63, 3.8) is 0 Å². The highest BCUT2D eigenvalue weighted by Crippen LogP contribution is 2.32. The Morgan fingerprint density at radius 2 is 2.14 bits per heavy atom. The summed E-state index contributed by atoms with van der Waals surface area (Å²) in [6.07, 6.45) is 5.15. The van der Waals surface area contributed by atoms with Crippen LogP contribution in [0.3, 0.4) is 0 Å². The van der Waals surface area contributed by atoms with Gasteiger partial charge in [-0.15, -0.1) is 0 Å². The largest absolute Gasteiger partial charge is 0.330 e. The van der Waals surface area contributed by atoms with Crippen LogP contribution in [0.2, 0.25) is 0 Å². The SMILES string of the molecule is CCCN1CCC(CCN)CC1(C)C. The van der Waals surface area contributed by atoms with Crippen LogP contribution in [0.15, 0.2) is 0 Å². The fourth-order valence-electron chi connectivity index (χ4n) is 2.75. The van der Waals surface area contributed by atoms with Gasteiger partial charge in [-0.1, -0.05) is 6.92 Å². The van der Waals surface area contributed by atoms with Gasteiger partial charge in [0.2, 0.25) is 0 Å². The smallest absolute Gasteiger partial charge is 0.0155 e. The average molecular weight is 198 g/mol. The molecule has 0 amide bonds. The predicted molar refractivity (Wildman–Crippen MR) is 62.3 cm³/mol. The van der Waals surface area contributed by atoms with E-state index in [2.05, 4.69) is 25.7 Å². The first-order valence-electron chi connectivity index (χ1n) is 6.05. The third kappa shape index (κ3) is 2.96. The minimum absolute atomic E-state index is 0.397. The van der Waals surface area contributed by atoms with Crippen molar-refractivity contribution in [3.8, 4) is 0 Å². The molecule has 1 aliphatic heterocycles. The molecular weight excluding hydrogens is 172 g/mol. The normalized spacial score (nSPS) is 27.9. The van der Waals surface area contributed by atoms with Crippen LogP contribution in [0.1, 0.15) is 46.5 Å². The number of hydrogen-bond donors (Lipinski definition) is 1. The van der Waals surface area contributed by atoms with Gasteiger partial charge >= 0.3 is 0 Å². The zero-order valence-corrected chi connectivity index (χ0v) is 10.1. The molecule has 0 radical (unpaired) electrons. The minimum Gasteiger partial charge on any atom is -0.330 e. The van der Waals surface area contributed by atoms with Crippen LogP contribution in [-0.4, -0.2) is 30.1 Å². The minimum atomic E-state index is 0.397. The number of nitrogens with zero attached hydrogens (tertiary/aromatic N) is 1. The van der Waals surface area contributed by atoms with E-state index < -0.39 is 0 Å². The van der Waals surface area contributed by atoms with Crippen molar-refractivity contribution in [2.45, 2.75) is 52.0 Å². The lowest BCUT2D eigenvalue weighted by molar-refractivity contribution is 0.0451. The van der Waals surface area contributed by atoms with Gasteiger partial charge in [0.05, 0.1) is 0 Å². The molecule has 1 saturated heterocycles. The summed E-state index contributed by atoms with van der Waals surface area (Å²) in [6.45, 7) is 10.4. The summed E-state index contributed by atoms with van der Waals surface area (Å²) in [7, 11) is 0. The predicted octanol–water partition coefficient (Wildman–Crippen LogP) is 2.24. The first-order valence-corrected chi connectivity index (χ1v) is 6.05. The van der Waals surface area contributed by atoms with Crippen molar-refractivity contribution >= 4 is 0 Å². The van der Waals surface area contributed by atoms with Gasteiger partial charge in [-0.2, -0.15) is 0 Å². The van der Waals surface area contributed by atoms with E-state index in [1.165, 1.54) is 38.8 Å². The van der Waals surface area contributed by atoms with Crippen LogP contribution in [0.4, 0.5) is 0 Å². The highest BCUT2D eigenvalue weighted by atomic mass is 15.2. The molecule has 84 valence electrons. The maximum Gasteiger partial charge on any atom is 0.0155 e. The summed E-state index contributed by atoms with van der Waals surface area (Å²) in [5.41, 5.74) is 6.02. The maximum atomic E-state index is 5.63. The maximum absolute atomic E-state index is 5.63. The molecule has 1 unspecified atom stereocenters. The van der Waals surface area contributed by atoms with Gasteiger partial charge < -0.3 is 5.73 Å². The summed E-state index contributed by atoms with van der Waals surface area (Å²) in [4.78, 5) is 2.64. The Bertz CT molecular complexity index is 166. The van der Waals surface area contributed by atoms with Crippen molar-refractivity contribution in [2.75, 3.05) is 19.6 Å². The van der Waals surface area contributed by atoms with Crippen LogP contribution >= 0.6 is 0 Å². The Balaban J connectivity index is 2.47. The third-order valence-electron chi connectivity index (χ3n) is 3.52. The summed E-state index contributed by atoms with van der Waals surface area (Å²) < 4.78 is 0. The Morgan fingerprint density at radius 3 is 2.64 bits per heavy atom. The van der Waals surface area contributed by atoms with Crippen molar-refractivity contribution < 1.29 is 0 Å². The summed E-state index contributed by atoms with van der Waals surface area (Å²) in [5, 5.41) is 0. The Hall–Kier alpha value is -0.0800. The van der Waals surface area contributed by atoms with Gasteiger partial charge in [-0.3, -0.25) is 4.90 Å². The number of hydrogen-bond acceptors (Lipinski definition) is 2. The van der Waals surface area contributed by atoms with E-state index in [1.54, 1.807) is 0 Å². The molecule has 14 heavy (non-hydrogen) atoms. The van der Waals surface area contributed by atoms with Crippen LogP contribution < -0.4 is 5.73 Å². The fourth-order valence-corrected chi connectivity index (χ4v) is 2.75. The highest BCUT2D eigenvalue weighted by Gasteiger charge is 2.33. The monoisotopic (exact) mass is 198 g/mol. The molecule has 0 saturated carbocycles. The van der Waals surface area contributed by atoms with Crippen LogP contribution in [0.5, 0.6) is 0 Å². The number of piperidine rings is 1. The van der Waals surface area contributed by atoms with E-state index in [-0.39, 0.29) is 0 Å². The molecule has 0 aromatic rings. The van der Waals surface area contributed by atoms with Crippen molar-refractivity contribution in [3.05, 3.63) is 0 Å². The Kier molecular flexibility index (Phi) is 4.39. The van der Waals surface area contributed by atoms with Gasteiger partial charge in [-0.05, 0) is 65.1 Å². The van der Waals surface area contributed by atoms with Gasteiger partial charge in [0.25, 0.3) is 0 Å². The Morgan fingerprint density at radius 1 is 1.43 bits per heavy atom. The molecule has 0 spiro atoms. The summed E-state index contributed by atoms with van der Waals surface area (Å²) >= 11 is 0. The number of rotatable bonds is 4. The van der Waals surface area contributed by atoms with E-state index in [1.807, 2.05) is 0 Å². The van der Waals surface area contributed by atoms with Gasteiger partial charge in [0.15, 0.2) is 0 Å². The van der Waals surface area contributed by atoms with Crippen LogP contribution in [0, 0.1) is 5.92 Å². The van der Waals surface area contributed by atoms with E-state index in [9.17, 15) is 0 Å². The molecule has 1 aliphatic rings. The average Bonchev–Trinajstić information content (AvgIpc) is 2.10. The molecule has 1 atom stereocenters. The molecule has 0 aromatic carbocycles. The lowest BCUT2D eigenvalue weighted by Gasteiger charge is -2.45. The Labute approximate surface area is 88.8 Å². The third-order valence-corrected chi connectivity index (χ3v) is 3.52. The standard InChI is InChI=1S/C12H26N2/c1-4-8-14-9-6-11(5-7-13)10-12(14,2)3/h11H,4-10,13H2,1-3H3. The molecule has 2 heteroatoms. The summed E-state index contributed by atoms with van der Waals surface area (Å²) in [6, 6.07) is 0. The second kappa shape index (κ2) is 5.13. The molecule has 0 bridgehead atoms. The van der Waals surface area contributed by atoms with Crippen LogP contribution in [-0.2, 0) is 0 Å². The van der Waals surface area contributed by atoms with E-state index in [0.717, 1.165) is 12.5 Å². The summed E-state index contributed by atoms with van der Waals surface area (Å²) in [5.74, 6) is 0.864. The molecule has 1 fully saturated rings. The van der Waals surface area contributed by atoms with Gasteiger partial charge in [0.1, 0.15) is 0 Å². The topological polar surface area (TPSA) is 29.3 Å². The number of likely N-dealkylation sites (tertiary alicyclic amines) is 1.